The number of hydrogen-bond acceptors (Lipinski definition) is 6. The minimum Gasteiger partial charge on any atom is -0.497 e. The summed E-state index contributed by atoms with van der Waals surface area (Å²) in [5.41, 5.74) is 2.28. The molecular formula is C26H31ClFN3O3S. The largest absolute Gasteiger partial charge is 0.497 e. The molecule has 0 radical (unpaired) electrons. The standard InChI is InChI=1S/C24H25ClFN3O3S.C2H6/c1-13-8-9-18(17(26)10-13)27-23-21(22(32-4)20(25)24(30)29(23)2)28-33-19-12-16(19)14-6-5-7-15(11-14)31-3;1-2/h5-11,16,19,27-28H,12H2,1-4H3;1-2H3. The van der Waals surface area contributed by atoms with Gasteiger partial charge in [0.15, 0.2) is 10.8 Å². The highest BCUT2D eigenvalue weighted by atomic mass is 35.5. The van der Waals surface area contributed by atoms with Crippen LogP contribution in [0.1, 0.15) is 37.3 Å². The molecule has 2 N–H and O–H groups in total. The summed E-state index contributed by atoms with van der Waals surface area (Å²) in [4.78, 5) is 12.7. The van der Waals surface area contributed by atoms with E-state index >= 15 is 0 Å². The molecule has 1 aliphatic carbocycles. The second kappa shape index (κ2) is 11.7. The average Bonchev–Trinajstić information content (AvgIpc) is 3.65. The summed E-state index contributed by atoms with van der Waals surface area (Å²) in [6.45, 7) is 5.81. The first-order chi connectivity index (χ1) is 16.8. The number of anilines is 3. The van der Waals surface area contributed by atoms with Crippen molar-refractivity contribution in [1.29, 1.82) is 0 Å². The Bertz CT molecular complexity index is 1250. The van der Waals surface area contributed by atoms with E-state index in [0.717, 1.165) is 17.7 Å². The average molecular weight is 520 g/mol. The zero-order chi connectivity index (χ0) is 25.7. The fraction of sp³-hybridized carbons (Fsp3) is 0.346. The molecule has 188 valence electrons. The lowest BCUT2D eigenvalue weighted by Crippen LogP contribution is -2.22. The lowest BCUT2D eigenvalue weighted by Gasteiger charge is -2.20. The molecule has 0 aliphatic heterocycles. The van der Waals surface area contributed by atoms with E-state index in [1.54, 1.807) is 26.3 Å². The molecule has 1 fully saturated rings. The molecule has 1 heterocycles. The van der Waals surface area contributed by atoms with Gasteiger partial charge in [0.25, 0.3) is 5.56 Å². The highest BCUT2D eigenvalue weighted by Crippen LogP contribution is 2.51. The molecule has 0 saturated heterocycles. The number of nitrogens with one attached hydrogen (secondary N) is 2. The summed E-state index contributed by atoms with van der Waals surface area (Å²) in [5.74, 6) is 1.35. The molecule has 0 bridgehead atoms. The second-order valence-corrected chi connectivity index (χ2v) is 9.34. The minimum absolute atomic E-state index is 0.0434. The molecule has 1 saturated carbocycles. The predicted molar refractivity (Wildman–Crippen MR) is 144 cm³/mol. The molecular weight excluding hydrogens is 489 g/mol. The van der Waals surface area contributed by atoms with Crippen LogP contribution in [-0.2, 0) is 7.05 Å². The van der Waals surface area contributed by atoms with Crippen LogP contribution in [0.2, 0.25) is 5.02 Å². The van der Waals surface area contributed by atoms with Gasteiger partial charge in [-0.1, -0.05) is 43.6 Å². The Balaban J connectivity index is 0.00000167. The van der Waals surface area contributed by atoms with E-state index in [1.165, 1.54) is 35.3 Å². The van der Waals surface area contributed by atoms with Crippen molar-refractivity contribution in [3.05, 3.63) is 74.8 Å². The number of methoxy groups -OCH3 is 2. The zero-order valence-electron chi connectivity index (χ0n) is 20.7. The third-order valence-corrected chi connectivity index (χ3v) is 7.12. The Morgan fingerprint density at radius 3 is 2.54 bits per heavy atom. The molecule has 2 aromatic carbocycles. The van der Waals surface area contributed by atoms with E-state index < -0.39 is 11.4 Å². The maximum absolute atomic E-state index is 14.5. The number of pyridine rings is 1. The lowest BCUT2D eigenvalue weighted by atomic mass is 10.1. The maximum Gasteiger partial charge on any atom is 0.274 e. The molecule has 1 aromatic heterocycles. The van der Waals surface area contributed by atoms with Crippen LogP contribution in [0.3, 0.4) is 0 Å². The van der Waals surface area contributed by atoms with E-state index in [4.69, 9.17) is 21.1 Å². The van der Waals surface area contributed by atoms with Gasteiger partial charge in [0.1, 0.15) is 23.1 Å². The molecule has 3 aromatic rings. The van der Waals surface area contributed by atoms with Crippen molar-refractivity contribution in [2.45, 2.75) is 38.4 Å². The predicted octanol–water partition coefficient (Wildman–Crippen LogP) is 6.89. The number of nitrogens with zero attached hydrogens (tertiary/aromatic N) is 1. The van der Waals surface area contributed by atoms with Crippen molar-refractivity contribution in [3.63, 3.8) is 0 Å². The van der Waals surface area contributed by atoms with E-state index in [-0.39, 0.29) is 16.5 Å². The van der Waals surface area contributed by atoms with Crippen LogP contribution in [0.25, 0.3) is 0 Å². The number of rotatable bonds is 8. The monoisotopic (exact) mass is 519 g/mol. The summed E-state index contributed by atoms with van der Waals surface area (Å²) in [6.07, 6.45) is 0.988. The van der Waals surface area contributed by atoms with Gasteiger partial charge in [-0.15, -0.1) is 0 Å². The van der Waals surface area contributed by atoms with Crippen molar-refractivity contribution in [2.75, 3.05) is 24.3 Å². The van der Waals surface area contributed by atoms with Crippen molar-refractivity contribution in [1.82, 2.24) is 4.57 Å². The smallest absolute Gasteiger partial charge is 0.274 e. The highest BCUT2D eigenvalue weighted by molar-refractivity contribution is 8.01. The summed E-state index contributed by atoms with van der Waals surface area (Å²) in [5, 5.41) is 3.30. The van der Waals surface area contributed by atoms with Crippen molar-refractivity contribution >= 4 is 40.7 Å². The third-order valence-electron chi connectivity index (χ3n) is 5.64. The number of aryl methyl sites for hydroxylation is 1. The van der Waals surface area contributed by atoms with Crippen LogP contribution in [0.4, 0.5) is 21.6 Å². The third kappa shape index (κ3) is 5.87. The van der Waals surface area contributed by atoms with Gasteiger partial charge in [0, 0.05) is 12.3 Å². The summed E-state index contributed by atoms with van der Waals surface area (Å²) in [7, 11) is 4.68. The van der Waals surface area contributed by atoms with E-state index in [0.29, 0.717) is 22.7 Å². The zero-order valence-corrected chi connectivity index (χ0v) is 22.3. The van der Waals surface area contributed by atoms with Crippen LogP contribution < -0.4 is 25.1 Å². The van der Waals surface area contributed by atoms with Gasteiger partial charge in [-0.05, 0) is 66.6 Å². The molecule has 2 unspecified atom stereocenters. The fourth-order valence-electron chi connectivity index (χ4n) is 3.67. The van der Waals surface area contributed by atoms with Crippen molar-refractivity contribution < 1.29 is 13.9 Å². The SMILES string of the molecule is CC.COc1cccc(C2CC2SNc2c(OC)c(Cl)c(=O)n(C)c2Nc2ccc(C)cc2F)c1. The number of benzene rings is 2. The van der Waals surface area contributed by atoms with Crippen molar-refractivity contribution in [3.8, 4) is 11.5 Å². The Hall–Kier alpha value is -2.84. The molecule has 6 nitrogen and oxygen atoms in total. The number of ether oxygens (including phenoxy) is 2. The Morgan fingerprint density at radius 1 is 1.14 bits per heavy atom. The van der Waals surface area contributed by atoms with Gasteiger partial charge in [-0.25, -0.2) is 4.39 Å². The van der Waals surface area contributed by atoms with E-state index in [1.807, 2.05) is 39.0 Å². The quantitative estimate of drug-likeness (QED) is 0.316. The van der Waals surface area contributed by atoms with E-state index in [9.17, 15) is 9.18 Å². The molecule has 2 atom stereocenters. The van der Waals surface area contributed by atoms with Crippen LogP contribution in [0.15, 0.2) is 47.3 Å². The number of aromatic nitrogens is 1. The van der Waals surface area contributed by atoms with Gasteiger partial charge < -0.3 is 19.5 Å². The second-order valence-electron chi connectivity index (χ2n) is 7.92. The Labute approximate surface area is 214 Å². The topological polar surface area (TPSA) is 64.5 Å². The number of hydrogen-bond donors (Lipinski definition) is 2. The Morgan fingerprint density at radius 2 is 1.89 bits per heavy atom. The molecule has 0 amide bonds. The summed E-state index contributed by atoms with van der Waals surface area (Å²) >= 11 is 7.81. The first-order valence-electron chi connectivity index (χ1n) is 11.4. The van der Waals surface area contributed by atoms with E-state index in [2.05, 4.69) is 16.1 Å². The van der Waals surface area contributed by atoms with Crippen molar-refractivity contribution in [2.24, 2.45) is 7.05 Å². The normalized spacial score (nSPS) is 16.1. The first kappa shape index (κ1) is 26.8. The van der Waals surface area contributed by atoms with Gasteiger partial charge in [0.2, 0.25) is 0 Å². The molecule has 9 heteroatoms. The first-order valence-corrected chi connectivity index (χ1v) is 12.6. The van der Waals surface area contributed by atoms with Crippen LogP contribution >= 0.6 is 23.5 Å². The van der Waals surface area contributed by atoms with Gasteiger partial charge in [0.05, 0.1) is 19.9 Å². The maximum atomic E-state index is 14.5. The summed E-state index contributed by atoms with van der Waals surface area (Å²) in [6, 6.07) is 12.9. The van der Waals surface area contributed by atoms with Gasteiger partial charge in [-0.2, -0.15) is 0 Å². The fourth-order valence-corrected chi connectivity index (χ4v) is 5.05. The van der Waals surface area contributed by atoms with Crippen LogP contribution in [0.5, 0.6) is 11.5 Å². The van der Waals surface area contributed by atoms with Gasteiger partial charge in [-0.3, -0.25) is 9.36 Å². The molecule has 4 rings (SSSR count). The van der Waals surface area contributed by atoms with Crippen LogP contribution in [-0.4, -0.2) is 24.0 Å². The number of halogens is 2. The summed E-state index contributed by atoms with van der Waals surface area (Å²) < 4.78 is 30.0. The Kier molecular flexibility index (Phi) is 8.97. The van der Waals surface area contributed by atoms with Gasteiger partial charge >= 0.3 is 0 Å². The molecule has 35 heavy (non-hydrogen) atoms. The lowest BCUT2D eigenvalue weighted by molar-refractivity contribution is 0.414. The van der Waals surface area contributed by atoms with Crippen LogP contribution in [0, 0.1) is 12.7 Å². The molecule has 0 spiro atoms. The minimum atomic E-state index is -0.445. The molecule has 1 aliphatic rings. The highest BCUT2D eigenvalue weighted by Gasteiger charge is 2.40.